The number of amides is 1. The Kier molecular flexibility index (Phi) is 7.58. The lowest BCUT2D eigenvalue weighted by Gasteiger charge is -2.25. The molecule has 1 N–H and O–H groups in total. The van der Waals surface area contributed by atoms with E-state index in [2.05, 4.69) is 16.4 Å². The second kappa shape index (κ2) is 11.0. The molecule has 1 aromatic heterocycles. The van der Waals surface area contributed by atoms with E-state index < -0.39 is 34.2 Å². The molecule has 0 aliphatic heterocycles. The molecule has 6 nitrogen and oxygen atoms in total. The average molecular weight is 596 g/mol. The molecule has 0 aliphatic rings. The molecule has 11 heteroatoms. The van der Waals surface area contributed by atoms with Crippen LogP contribution in [-0.4, -0.2) is 25.9 Å². The van der Waals surface area contributed by atoms with Gasteiger partial charge in [-0.15, -0.1) is 11.3 Å². The summed E-state index contributed by atoms with van der Waals surface area (Å²) in [5, 5.41) is 3.46. The number of thiazole rings is 1. The van der Waals surface area contributed by atoms with E-state index in [0.717, 1.165) is 44.0 Å². The zero-order valence-corrected chi connectivity index (χ0v) is 23.6. The van der Waals surface area contributed by atoms with Gasteiger partial charge in [-0.3, -0.25) is 9.10 Å². The molecule has 5 rings (SSSR count). The summed E-state index contributed by atoms with van der Waals surface area (Å²) in [6.07, 6.45) is -4.69. The van der Waals surface area contributed by atoms with Crippen molar-refractivity contribution in [1.29, 1.82) is 0 Å². The van der Waals surface area contributed by atoms with Gasteiger partial charge in [-0.05, 0) is 86.1 Å². The first-order valence-electron chi connectivity index (χ1n) is 12.4. The zero-order chi connectivity index (χ0) is 29.4. The molecule has 41 heavy (non-hydrogen) atoms. The Bertz CT molecular complexity index is 1830. The number of carbonyl (C=O) groups excluding carboxylic acids is 1. The van der Waals surface area contributed by atoms with Crippen LogP contribution in [0, 0.1) is 13.8 Å². The van der Waals surface area contributed by atoms with Crippen LogP contribution in [0.4, 0.5) is 24.5 Å². The summed E-state index contributed by atoms with van der Waals surface area (Å²) in [5.41, 5.74) is 2.75. The average Bonchev–Trinajstić information content (AvgIpc) is 3.35. The molecule has 0 saturated heterocycles. The molecule has 0 aliphatic carbocycles. The van der Waals surface area contributed by atoms with Gasteiger partial charge in [0.05, 0.1) is 26.4 Å². The fourth-order valence-corrected chi connectivity index (χ4v) is 6.65. The topological polar surface area (TPSA) is 79.4 Å². The maximum atomic E-state index is 13.5. The summed E-state index contributed by atoms with van der Waals surface area (Å²) in [6.45, 7) is 3.05. The maximum Gasteiger partial charge on any atom is 0.416 e. The third-order valence-corrected chi connectivity index (χ3v) is 9.17. The molecule has 1 heterocycles. The van der Waals surface area contributed by atoms with Crippen LogP contribution >= 0.6 is 11.3 Å². The molecule has 5 aromatic rings. The highest BCUT2D eigenvalue weighted by molar-refractivity contribution is 7.92. The van der Waals surface area contributed by atoms with Crippen LogP contribution in [0.5, 0.6) is 0 Å². The largest absolute Gasteiger partial charge is 0.416 e. The minimum Gasteiger partial charge on any atom is -0.325 e. The first kappa shape index (κ1) is 28.3. The summed E-state index contributed by atoms with van der Waals surface area (Å²) in [4.78, 5) is 17.6. The molecule has 0 spiro atoms. The molecule has 210 valence electrons. The van der Waals surface area contributed by atoms with E-state index in [9.17, 15) is 26.4 Å². The van der Waals surface area contributed by atoms with Gasteiger partial charge >= 0.3 is 6.18 Å². The number of halogens is 3. The van der Waals surface area contributed by atoms with Crippen molar-refractivity contribution in [3.63, 3.8) is 0 Å². The minimum atomic E-state index is -4.69. The van der Waals surface area contributed by atoms with Crippen molar-refractivity contribution in [1.82, 2.24) is 4.98 Å². The fourth-order valence-electron chi connectivity index (χ4n) is 4.17. The Morgan fingerprint density at radius 2 is 1.59 bits per heavy atom. The lowest BCUT2D eigenvalue weighted by molar-refractivity contribution is -0.137. The number of hydrogen-bond acceptors (Lipinski definition) is 5. The van der Waals surface area contributed by atoms with Gasteiger partial charge in [-0.25, -0.2) is 13.4 Å². The Labute approximate surface area is 239 Å². The van der Waals surface area contributed by atoms with E-state index >= 15 is 0 Å². The molecule has 0 fully saturated rings. The number of nitrogens with one attached hydrogen (secondary N) is 1. The summed E-state index contributed by atoms with van der Waals surface area (Å²) in [6, 6.07) is 22.6. The van der Waals surface area contributed by atoms with Crippen molar-refractivity contribution in [3.05, 3.63) is 108 Å². The van der Waals surface area contributed by atoms with Gasteiger partial charge in [-0.2, -0.15) is 13.2 Å². The lowest BCUT2D eigenvalue weighted by atomic mass is 10.2. The molecule has 4 aromatic carbocycles. The van der Waals surface area contributed by atoms with E-state index in [-0.39, 0.29) is 10.6 Å². The van der Waals surface area contributed by atoms with Crippen LogP contribution in [0.1, 0.15) is 16.7 Å². The number of rotatable bonds is 7. The monoisotopic (exact) mass is 595 g/mol. The molecular weight excluding hydrogens is 571 g/mol. The first-order chi connectivity index (χ1) is 19.4. The number of anilines is 2. The summed E-state index contributed by atoms with van der Waals surface area (Å²) < 4.78 is 69.1. The third kappa shape index (κ3) is 6.26. The predicted molar refractivity (Wildman–Crippen MR) is 156 cm³/mol. The number of nitrogens with zero attached hydrogens (tertiary/aromatic N) is 2. The van der Waals surface area contributed by atoms with Crippen molar-refractivity contribution in [3.8, 4) is 10.6 Å². The van der Waals surface area contributed by atoms with Gasteiger partial charge in [0.15, 0.2) is 0 Å². The molecule has 1 amide bonds. The van der Waals surface area contributed by atoms with E-state index in [1.54, 1.807) is 54.7 Å². The highest BCUT2D eigenvalue weighted by atomic mass is 32.2. The predicted octanol–water partition coefficient (Wildman–Crippen LogP) is 7.43. The highest BCUT2D eigenvalue weighted by Crippen LogP contribution is 2.34. The number of aromatic nitrogens is 1. The van der Waals surface area contributed by atoms with Crippen LogP contribution in [0.15, 0.2) is 95.9 Å². The summed E-state index contributed by atoms with van der Waals surface area (Å²) >= 11 is 1.54. The van der Waals surface area contributed by atoms with Crippen molar-refractivity contribution in [2.75, 3.05) is 16.2 Å². The van der Waals surface area contributed by atoms with Gasteiger partial charge in [0.2, 0.25) is 5.91 Å². The SMILES string of the molecule is Cc1ccc(S(=O)(=O)N(CC(=O)Nc2ccc(-c3nc4ccc(C)cc4s3)cc2)c2cccc(C(F)(F)F)c2)cc1. The smallest absolute Gasteiger partial charge is 0.325 e. The third-order valence-electron chi connectivity index (χ3n) is 6.32. The molecule has 0 unspecified atom stereocenters. The number of aryl methyl sites for hydroxylation is 2. The number of hydrogen-bond donors (Lipinski definition) is 1. The maximum absolute atomic E-state index is 13.5. The minimum absolute atomic E-state index is 0.149. The summed E-state index contributed by atoms with van der Waals surface area (Å²) in [7, 11) is -4.38. The van der Waals surface area contributed by atoms with Crippen molar-refractivity contribution >= 4 is 48.9 Å². The van der Waals surface area contributed by atoms with E-state index in [4.69, 9.17) is 0 Å². The zero-order valence-electron chi connectivity index (χ0n) is 21.9. The van der Waals surface area contributed by atoms with Gasteiger partial charge < -0.3 is 5.32 Å². The van der Waals surface area contributed by atoms with E-state index in [0.29, 0.717) is 16.1 Å². The van der Waals surface area contributed by atoms with Crippen LogP contribution in [-0.2, 0) is 21.0 Å². The summed E-state index contributed by atoms with van der Waals surface area (Å²) in [5.74, 6) is -0.721. The Balaban J connectivity index is 1.40. The Hall–Kier alpha value is -4.22. The van der Waals surface area contributed by atoms with Crippen LogP contribution in [0.3, 0.4) is 0 Å². The normalized spacial score (nSPS) is 11.9. The standard InChI is InChI=1S/C30H24F3N3O3S2/c1-19-6-13-25(14-7-19)41(38,39)36(24-5-3-4-22(17-24)30(31,32)33)18-28(37)34-23-11-9-21(10-12-23)29-35-26-15-8-20(2)16-27(26)40-29/h3-17H,18H2,1-2H3,(H,34,37). The number of sulfonamides is 1. The second-order valence-corrected chi connectivity index (χ2v) is 12.4. The molecule has 0 bridgehead atoms. The van der Waals surface area contributed by atoms with Gasteiger partial charge in [0.1, 0.15) is 11.6 Å². The van der Waals surface area contributed by atoms with Crippen molar-refractivity contribution < 1.29 is 26.4 Å². The molecule has 0 saturated carbocycles. The Morgan fingerprint density at radius 1 is 0.902 bits per heavy atom. The van der Waals surface area contributed by atoms with Gasteiger partial charge in [0, 0.05) is 11.3 Å². The molecule has 0 atom stereocenters. The number of carbonyl (C=O) groups is 1. The van der Waals surface area contributed by atoms with Crippen molar-refractivity contribution in [2.24, 2.45) is 0 Å². The number of benzene rings is 4. The first-order valence-corrected chi connectivity index (χ1v) is 14.7. The van der Waals surface area contributed by atoms with E-state index in [1.165, 1.54) is 18.2 Å². The van der Waals surface area contributed by atoms with Gasteiger partial charge in [-0.1, -0.05) is 29.8 Å². The number of alkyl halides is 3. The Morgan fingerprint density at radius 3 is 2.27 bits per heavy atom. The quantitative estimate of drug-likeness (QED) is 0.212. The molecular formula is C30H24F3N3O3S2. The van der Waals surface area contributed by atoms with Gasteiger partial charge in [0.25, 0.3) is 10.0 Å². The second-order valence-electron chi connectivity index (χ2n) is 9.49. The van der Waals surface area contributed by atoms with E-state index in [1.807, 2.05) is 19.1 Å². The number of fused-ring (bicyclic) bond motifs is 1. The highest BCUT2D eigenvalue weighted by Gasteiger charge is 2.33. The lowest BCUT2D eigenvalue weighted by Crippen LogP contribution is -2.38. The molecule has 0 radical (unpaired) electrons. The fraction of sp³-hybridized carbons (Fsp3) is 0.133. The van der Waals surface area contributed by atoms with Crippen molar-refractivity contribution in [2.45, 2.75) is 24.9 Å². The van der Waals surface area contributed by atoms with Crippen LogP contribution < -0.4 is 9.62 Å². The van der Waals surface area contributed by atoms with Crippen LogP contribution in [0.25, 0.3) is 20.8 Å². The van der Waals surface area contributed by atoms with Crippen LogP contribution in [0.2, 0.25) is 0 Å².